The van der Waals surface area contributed by atoms with Gasteiger partial charge in [0.1, 0.15) is 0 Å². The molecule has 0 unspecified atom stereocenters. The highest BCUT2D eigenvalue weighted by molar-refractivity contribution is 5.92. The predicted octanol–water partition coefficient (Wildman–Crippen LogP) is 0.455. The second-order valence-corrected chi connectivity index (χ2v) is 3.17. The zero-order chi connectivity index (χ0) is 9.97. The van der Waals surface area contributed by atoms with E-state index < -0.39 is 0 Å². The molecule has 1 aromatic heterocycles. The summed E-state index contributed by atoms with van der Waals surface area (Å²) in [7, 11) is 0. The summed E-state index contributed by atoms with van der Waals surface area (Å²) in [5, 5.41) is 0. The van der Waals surface area contributed by atoms with Gasteiger partial charge in [-0.2, -0.15) is 0 Å². The Kier molecular flexibility index (Phi) is 2.49. The van der Waals surface area contributed by atoms with Crippen molar-refractivity contribution in [2.75, 3.05) is 26.3 Å². The van der Waals surface area contributed by atoms with Crippen LogP contribution < -0.4 is 0 Å². The minimum absolute atomic E-state index is 0.0942. The lowest BCUT2D eigenvalue weighted by atomic mass is 10.3. The van der Waals surface area contributed by atoms with Crippen molar-refractivity contribution in [2.45, 2.75) is 6.92 Å². The van der Waals surface area contributed by atoms with Crippen molar-refractivity contribution in [3.8, 4) is 0 Å². The average molecular weight is 196 g/mol. The summed E-state index contributed by atoms with van der Waals surface area (Å²) in [6.07, 6.45) is 1.29. The molecule has 0 bridgehead atoms. The van der Waals surface area contributed by atoms with E-state index in [1.54, 1.807) is 11.8 Å². The zero-order valence-corrected chi connectivity index (χ0v) is 8.02. The van der Waals surface area contributed by atoms with Crippen LogP contribution in [0, 0.1) is 6.92 Å². The van der Waals surface area contributed by atoms with Gasteiger partial charge < -0.3 is 14.1 Å². The van der Waals surface area contributed by atoms with E-state index in [-0.39, 0.29) is 5.91 Å². The van der Waals surface area contributed by atoms with Crippen LogP contribution >= 0.6 is 0 Å². The van der Waals surface area contributed by atoms with Crippen molar-refractivity contribution >= 4 is 5.91 Å². The first-order chi connectivity index (χ1) is 6.79. The fourth-order valence-electron chi connectivity index (χ4n) is 1.42. The molecule has 2 heterocycles. The Labute approximate surface area is 81.7 Å². The molecule has 14 heavy (non-hydrogen) atoms. The third kappa shape index (κ3) is 1.63. The summed E-state index contributed by atoms with van der Waals surface area (Å²) in [4.78, 5) is 17.4. The van der Waals surface area contributed by atoms with E-state index in [1.165, 1.54) is 6.39 Å². The second-order valence-electron chi connectivity index (χ2n) is 3.17. The maximum Gasteiger partial charge on any atom is 0.291 e. The van der Waals surface area contributed by atoms with Crippen LogP contribution in [-0.4, -0.2) is 42.1 Å². The molecular formula is C9H12N2O3. The number of amides is 1. The van der Waals surface area contributed by atoms with E-state index in [0.29, 0.717) is 37.8 Å². The van der Waals surface area contributed by atoms with Crippen LogP contribution in [0.5, 0.6) is 0 Å². The van der Waals surface area contributed by atoms with Gasteiger partial charge in [0.2, 0.25) is 5.76 Å². The quantitative estimate of drug-likeness (QED) is 0.654. The minimum atomic E-state index is -0.0942. The molecule has 76 valence electrons. The van der Waals surface area contributed by atoms with Gasteiger partial charge in [-0.15, -0.1) is 0 Å². The molecule has 1 saturated heterocycles. The van der Waals surface area contributed by atoms with Crippen LogP contribution in [0.2, 0.25) is 0 Å². The number of hydrogen-bond donors (Lipinski definition) is 0. The Morgan fingerprint density at radius 3 is 2.79 bits per heavy atom. The van der Waals surface area contributed by atoms with E-state index in [4.69, 9.17) is 9.15 Å². The molecule has 0 N–H and O–H groups in total. The standard InChI is InChI=1S/C9H12N2O3/c1-7-8(14-6-10-7)9(12)11-2-4-13-5-3-11/h6H,2-5H2,1H3. The van der Waals surface area contributed by atoms with E-state index in [0.717, 1.165) is 0 Å². The summed E-state index contributed by atoms with van der Waals surface area (Å²) in [5.74, 6) is 0.246. The van der Waals surface area contributed by atoms with Gasteiger partial charge in [-0.1, -0.05) is 0 Å². The van der Waals surface area contributed by atoms with Crippen LogP contribution in [0.3, 0.4) is 0 Å². The number of oxazole rings is 1. The zero-order valence-electron chi connectivity index (χ0n) is 8.02. The Balaban J connectivity index is 2.11. The number of nitrogens with zero attached hydrogens (tertiary/aromatic N) is 2. The molecule has 0 atom stereocenters. The molecule has 1 fully saturated rings. The summed E-state index contributed by atoms with van der Waals surface area (Å²) in [6.45, 7) is 4.20. The largest absolute Gasteiger partial charge is 0.438 e. The van der Waals surface area contributed by atoms with Crippen molar-refractivity contribution in [3.05, 3.63) is 17.8 Å². The van der Waals surface area contributed by atoms with Gasteiger partial charge in [-0.3, -0.25) is 4.79 Å². The third-order valence-corrected chi connectivity index (χ3v) is 2.24. The van der Waals surface area contributed by atoms with Crippen LogP contribution in [0.1, 0.15) is 16.2 Å². The van der Waals surface area contributed by atoms with Gasteiger partial charge in [0.15, 0.2) is 6.39 Å². The molecule has 5 heteroatoms. The SMILES string of the molecule is Cc1ncoc1C(=O)N1CCOCC1. The average Bonchev–Trinajstić information content (AvgIpc) is 2.65. The molecule has 0 radical (unpaired) electrons. The molecule has 0 aliphatic carbocycles. The second kappa shape index (κ2) is 3.79. The lowest BCUT2D eigenvalue weighted by Gasteiger charge is -2.25. The number of rotatable bonds is 1. The van der Waals surface area contributed by atoms with E-state index in [1.807, 2.05) is 0 Å². The molecule has 2 rings (SSSR count). The smallest absolute Gasteiger partial charge is 0.291 e. The fourth-order valence-corrected chi connectivity index (χ4v) is 1.42. The van der Waals surface area contributed by atoms with Crippen molar-refractivity contribution in [1.82, 2.24) is 9.88 Å². The van der Waals surface area contributed by atoms with Gasteiger partial charge >= 0.3 is 0 Å². The van der Waals surface area contributed by atoms with Crippen LogP contribution in [0.15, 0.2) is 10.8 Å². The summed E-state index contributed by atoms with van der Waals surface area (Å²) < 4.78 is 10.2. The van der Waals surface area contributed by atoms with Crippen LogP contribution in [0.25, 0.3) is 0 Å². The number of hydrogen-bond acceptors (Lipinski definition) is 4. The molecule has 0 spiro atoms. The molecule has 0 aromatic carbocycles. The van der Waals surface area contributed by atoms with Gasteiger partial charge in [0.05, 0.1) is 18.9 Å². The van der Waals surface area contributed by atoms with Crippen LogP contribution in [0.4, 0.5) is 0 Å². The monoisotopic (exact) mass is 196 g/mol. The van der Waals surface area contributed by atoms with Crippen molar-refractivity contribution in [1.29, 1.82) is 0 Å². The number of aryl methyl sites for hydroxylation is 1. The minimum Gasteiger partial charge on any atom is -0.438 e. The van der Waals surface area contributed by atoms with E-state index in [9.17, 15) is 4.79 Å². The van der Waals surface area contributed by atoms with Crippen molar-refractivity contribution in [2.24, 2.45) is 0 Å². The topological polar surface area (TPSA) is 55.6 Å². The molecule has 1 aromatic rings. The molecule has 5 nitrogen and oxygen atoms in total. The lowest BCUT2D eigenvalue weighted by Crippen LogP contribution is -2.40. The molecule has 1 amide bonds. The van der Waals surface area contributed by atoms with Gasteiger partial charge in [0.25, 0.3) is 5.91 Å². The maximum absolute atomic E-state index is 11.8. The maximum atomic E-state index is 11.8. The Hall–Kier alpha value is -1.36. The normalized spacial score (nSPS) is 17.1. The number of ether oxygens (including phenoxy) is 1. The first-order valence-corrected chi connectivity index (χ1v) is 4.56. The number of carbonyl (C=O) groups is 1. The lowest BCUT2D eigenvalue weighted by molar-refractivity contribution is 0.0282. The summed E-state index contributed by atoms with van der Waals surface area (Å²) in [5.41, 5.74) is 0.640. The van der Waals surface area contributed by atoms with Gasteiger partial charge in [0, 0.05) is 13.1 Å². The molecular weight excluding hydrogens is 184 g/mol. The first kappa shape index (κ1) is 9.21. The van der Waals surface area contributed by atoms with Gasteiger partial charge in [-0.25, -0.2) is 4.98 Å². The highest BCUT2D eigenvalue weighted by atomic mass is 16.5. The van der Waals surface area contributed by atoms with E-state index >= 15 is 0 Å². The molecule has 1 aliphatic rings. The highest BCUT2D eigenvalue weighted by Crippen LogP contribution is 2.10. The predicted molar refractivity (Wildman–Crippen MR) is 48.0 cm³/mol. The van der Waals surface area contributed by atoms with E-state index in [2.05, 4.69) is 4.98 Å². The third-order valence-electron chi connectivity index (χ3n) is 2.24. The number of carbonyl (C=O) groups excluding carboxylic acids is 1. The first-order valence-electron chi connectivity index (χ1n) is 4.56. The highest BCUT2D eigenvalue weighted by Gasteiger charge is 2.22. The van der Waals surface area contributed by atoms with Crippen molar-refractivity contribution < 1.29 is 13.9 Å². The Morgan fingerprint density at radius 1 is 1.50 bits per heavy atom. The van der Waals surface area contributed by atoms with Crippen LogP contribution in [-0.2, 0) is 4.74 Å². The molecule has 0 saturated carbocycles. The Bertz CT molecular complexity index is 329. The number of morpholine rings is 1. The fraction of sp³-hybridized carbons (Fsp3) is 0.556. The van der Waals surface area contributed by atoms with Crippen molar-refractivity contribution in [3.63, 3.8) is 0 Å². The Morgan fingerprint density at radius 2 is 2.21 bits per heavy atom. The number of aromatic nitrogens is 1. The molecule has 1 aliphatic heterocycles. The van der Waals surface area contributed by atoms with Gasteiger partial charge in [-0.05, 0) is 6.92 Å². The summed E-state index contributed by atoms with van der Waals surface area (Å²) in [6, 6.07) is 0. The summed E-state index contributed by atoms with van der Waals surface area (Å²) >= 11 is 0.